The average molecular weight is 433 g/mol. The van der Waals surface area contributed by atoms with Crippen LogP contribution in [0.1, 0.15) is 36.7 Å². The number of benzene rings is 1. The summed E-state index contributed by atoms with van der Waals surface area (Å²) in [5.41, 5.74) is 3.45. The number of carbonyl (C=O) groups excluding carboxylic acids is 1. The number of allylic oxidation sites excluding steroid dienone is 3. The molecule has 1 saturated heterocycles. The van der Waals surface area contributed by atoms with Crippen LogP contribution in [0.25, 0.3) is 11.4 Å². The third-order valence-electron chi connectivity index (χ3n) is 6.16. The van der Waals surface area contributed by atoms with E-state index in [-0.39, 0.29) is 12.5 Å². The number of amides is 1. The Morgan fingerprint density at radius 2 is 1.88 bits per heavy atom. The Kier molecular flexibility index (Phi) is 6.83. The highest BCUT2D eigenvalue weighted by Gasteiger charge is 2.23. The highest BCUT2D eigenvalue weighted by atomic mass is 16.2. The van der Waals surface area contributed by atoms with Gasteiger partial charge in [-0.3, -0.25) is 4.79 Å². The van der Waals surface area contributed by atoms with Gasteiger partial charge in [0, 0.05) is 44.4 Å². The average Bonchev–Trinajstić information content (AvgIpc) is 3.18. The number of carbonyl (C=O) groups is 1. The van der Waals surface area contributed by atoms with Crippen LogP contribution in [0.15, 0.2) is 47.2 Å². The number of piperazine rings is 1. The Morgan fingerprint density at radius 3 is 2.62 bits per heavy atom. The molecular weight excluding hydrogens is 400 g/mol. The van der Waals surface area contributed by atoms with Gasteiger partial charge in [0.05, 0.1) is 0 Å². The minimum Gasteiger partial charge on any atom is -0.353 e. The third-order valence-corrected chi connectivity index (χ3v) is 6.16. The molecule has 0 spiro atoms. The zero-order valence-corrected chi connectivity index (χ0v) is 19.3. The molecule has 7 nitrogen and oxygen atoms in total. The summed E-state index contributed by atoms with van der Waals surface area (Å²) in [6.45, 7) is 9.45. The molecule has 1 aromatic carbocycles. The minimum atomic E-state index is 0.0916. The van der Waals surface area contributed by atoms with Crippen molar-refractivity contribution < 1.29 is 4.79 Å². The molecule has 7 heteroatoms. The number of aryl methyl sites for hydroxylation is 3. The second-order valence-corrected chi connectivity index (χ2v) is 8.38. The standard InChI is InChI=1S/C25H32N6O/c1-4-22-27-25(21-11-10-19(2)20(3)17-21)28-31(22)18-24(32)30-15-13-29(14-16-30)23-9-7-5-6-8-12-26-23/h6,8-12,17H,4-5,7,13-16,18H2,1-3H3. The number of rotatable bonds is 5. The summed E-state index contributed by atoms with van der Waals surface area (Å²) in [4.78, 5) is 26.5. The van der Waals surface area contributed by atoms with Crippen molar-refractivity contribution in [3.63, 3.8) is 0 Å². The molecule has 2 aliphatic heterocycles. The number of hydrogen-bond donors (Lipinski definition) is 0. The molecule has 0 radical (unpaired) electrons. The lowest BCUT2D eigenvalue weighted by Crippen LogP contribution is -2.49. The summed E-state index contributed by atoms with van der Waals surface area (Å²) in [7, 11) is 0. The molecular formula is C25H32N6O. The first-order valence-corrected chi connectivity index (χ1v) is 11.5. The molecule has 0 atom stereocenters. The van der Waals surface area contributed by atoms with E-state index in [4.69, 9.17) is 4.98 Å². The topological polar surface area (TPSA) is 66.6 Å². The van der Waals surface area contributed by atoms with Gasteiger partial charge in [-0.05, 0) is 56.0 Å². The number of hydrogen-bond acceptors (Lipinski definition) is 5. The highest BCUT2D eigenvalue weighted by molar-refractivity contribution is 5.76. The van der Waals surface area contributed by atoms with Crippen LogP contribution in [0.4, 0.5) is 0 Å². The number of aliphatic imine (C=N–C) groups is 1. The fourth-order valence-corrected chi connectivity index (χ4v) is 4.03. The Hall–Kier alpha value is -3.22. The fraction of sp³-hybridized carbons (Fsp3) is 0.440. The van der Waals surface area contributed by atoms with Gasteiger partial charge in [0.1, 0.15) is 18.2 Å². The summed E-state index contributed by atoms with van der Waals surface area (Å²) >= 11 is 0. The van der Waals surface area contributed by atoms with E-state index in [0.717, 1.165) is 49.6 Å². The first-order valence-electron chi connectivity index (χ1n) is 11.5. The van der Waals surface area contributed by atoms with Crippen LogP contribution >= 0.6 is 0 Å². The summed E-state index contributed by atoms with van der Waals surface area (Å²) in [5, 5.41) is 4.68. The quantitative estimate of drug-likeness (QED) is 0.725. The second-order valence-electron chi connectivity index (χ2n) is 8.38. The lowest BCUT2D eigenvalue weighted by molar-refractivity contribution is -0.133. The molecule has 1 fully saturated rings. The van der Waals surface area contributed by atoms with Gasteiger partial charge < -0.3 is 9.80 Å². The van der Waals surface area contributed by atoms with Crippen molar-refractivity contribution in [3.05, 3.63) is 59.2 Å². The van der Waals surface area contributed by atoms with Gasteiger partial charge in [-0.1, -0.05) is 25.1 Å². The Labute approximate surface area is 190 Å². The van der Waals surface area contributed by atoms with E-state index in [9.17, 15) is 4.79 Å². The van der Waals surface area contributed by atoms with Crippen molar-refractivity contribution in [3.8, 4) is 11.4 Å². The summed E-state index contributed by atoms with van der Waals surface area (Å²) in [5.74, 6) is 2.64. The van der Waals surface area contributed by atoms with E-state index in [1.807, 2.05) is 30.2 Å². The zero-order valence-electron chi connectivity index (χ0n) is 19.3. The van der Waals surface area contributed by atoms with Gasteiger partial charge in [-0.25, -0.2) is 14.7 Å². The maximum absolute atomic E-state index is 13.0. The van der Waals surface area contributed by atoms with E-state index in [1.54, 1.807) is 4.68 Å². The predicted octanol–water partition coefficient (Wildman–Crippen LogP) is 3.53. The van der Waals surface area contributed by atoms with Crippen LogP contribution in [0, 0.1) is 13.8 Å². The lowest BCUT2D eigenvalue weighted by atomic mass is 10.1. The van der Waals surface area contributed by atoms with Crippen LogP contribution in [-0.2, 0) is 17.8 Å². The Balaban J connectivity index is 1.40. The maximum atomic E-state index is 13.0. The monoisotopic (exact) mass is 432 g/mol. The predicted molar refractivity (Wildman–Crippen MR) is 127 cm³/mol. The van der Waals surface area contributed by atoms with Crippen molar-refractivity contribution in [1.29, 1.82) is 0 Å². The van der Waals surface area contributed by atoms with Gasteiger partial charge in [-0.2, -0.15) is 5.10 Å². The Morgan fingerprint density at radius 1 is 1.06 bits per heavy atom. The first-order chi connectivity index (χ1) is 15.5. The highest BCUT2D eigenvalue weighted by Crippen LogP contribution is 2.20. The lowest BCUT2D eigenvalue weighted by Gasteiger charge is -2.36. The molecule has 0 saturated carbocycles. The van der Waals surface area contributed by atoms with Crippen LogP contribution in [-0.4, -0.2) is 62.9 Å². The van der Waals surface area contributed by atoms with Crippen molar-refractivity contribution >= 4 is 12.1 Å². The van der Waals surface area contributed by atoms with Gasteiger partial charge in [0.15, 0.2) is 5.82 Å². The van der Waals surface area contributed by atoms with E-state index in [1.165, 1.54) is 11.1 Å². The van der Waals surface area contributed by atoms with Gasteiger partial charge in [0.2, 0.25) is 5.91 Å². The summed E-state index contributed by atoms with van der Waals surface area (Å²) in [6.07, 6.45) is 10.9. The van der Waals surface area contributed by atoms with Crippen LogP contribution in [0.5, 0.6) is 0 Å². The maximum Gasteiger partial charge on any atom is 0.244 e. The van der Waals surface area contributed by atoms with E-state index < -0.39 is 0 Å². The molecule has 2 aliphatic rings. The molecule has 168 valence electrons. The molecule has 0 N–H and O–H groups in total. The summed E-state index contributed by atoms with van der Waals surface area (Å²) in [6, 6.07) is 6.25. The van der Waals surface area contributed by atoms with Gasteiger partial charge in [-0.15, -0.1) is 0 Å². The molecule has 1 aromatic heterocycles. The summed E-state index contributed by atoms with van der Waals surface area (Å²) < 4.78 is 1.77. The minimum absolute atomic E-state index is 0.0916. The molecule has 0 bridgehead atoms. The number of aromatic nitrogens is 3. The molecule has 3 heterocycles. The SMILES string of the molecule is CCc1nc(-c2ccc(C)c(C)c2)nn1CC(=O)N1CCN(C2=CCCC=CC=N2)CC1. The van der Waals surface area contributed by atoms with Crippen LogP contribution in [0.2, 0.25) is 0 Å². The smallest absolute Gasteiger partial charge is 0.244 e. The normalized spacial score (nSPS) is 16.7. The van der Waals surface area contributed by atoms with Gasteiger partial charge >= 0.3 is 0 Å². The molecule has 0 aliphatic carbocycles. The van der Waals surface area contributed by atoms with E-state index in [2.05, 4.69) is 53.1 Å². The van der Waals surface area contributed by atoms with Crippen LogP contribution < -0.4 is 0 Å². The van der Waals surface area contributed by atoms with Crippen molar-refractivity contribution in [1.82, 2.24) is 24.6 Å². The van der Waals surface area contributed by atoms with Crippen molar-refractivity contribution in [2.45, 2.75) is 46.6 Å². The number of nitrogens with zero attached hydrogens (tertiary/aromatic N) is 6. The van der Waals surface area contributed by atoms with Crippen LogP contribution in [0.3, 0.4) is 0 Å². The van der Waals surface area contributed by atoms with Crippen molar-refractivity contribution in [2.24, 2.45) is 4.99 Å². The molecule has 2 aromatic rings. The first kappa shape index (κ1) is 22.0. The van der Waals surface area contributed by atoms with E-state index >= 15 is 0 Å². The molecule has 4 rings (SSSR count). The van der Waals surface area contributed by atoms with Gasteiger partial charge in [0.25, 0.3) is 0 Å². The molecule has 1 amide bonds. The zero-order chi connectivity index (χ0) is 22.5. The van der Waals surface area contributed by atoms with Crippen molar-refractivity contribution in [2.75, 3.05) is 26.2 Å². The third kappa shape index (κ3) is 4.98. The largest absolute Gasteiger partial charge is 0.353 e. The Bertz CT molecular complexity index is 1060. The van der Waals surface area contributed by atoms with E-state index in [0.29, 0.717) is 18.9 Å². The fourth-order valence-electron chi connectivity index (χ4n) is 4.03. The molecule has 0 unspecified atom stereocenters. The molecule has 32 heavy (non-hydrogen) atoms. The second kappa shape index (κ2) is 9.94.